The number of hydrogen-bond acceptors (Lipinski definition) is 3. The van der Waals surface area contributed by atoms with Crippen molar-refractivity contribution in [1.29, 1.82) is 0 Å². The van der Waals surface area contributed by atoms with Gasteiger partial charge in [0.15, 0.2) is 0 Å². The topological polar surface area (TPSA) is 39.1 Å². The van der Waals surface area contributed by atoms with Crippen LogP contribution in [0.15, 0.2) is 12.4 Å². The molecular formula is C11H21N3O. The van der Waals surface area contributed by atoms with Crippen LogP contribution in [0, 0.1) is 0 Å². The zero-order valence-electron chi connectivity index (χ0n) is 10.0. The van der Waals surface area contributed by atoms with E-state index in [9.17, 15) is 0 Å². The normalized spacial score (nSPS) is 15.2. The smallest absolute Gasteiger partial charge is 0.0693 e. The van der Waals surface area contributed by atoms with Gasteiger partial charge in [-0.15, -0.1) is 0 Å². The summed E-state index contributed by atoms with van der Waals surface area (Å²) in [7, 11) is 3.68. The van der Waals surface area contributed by atoms with Crippen molar-refractivity contribution < 1.29 is 4.74 Å². The molecular weight excluding hydrogens is 190 g/mol. The van der Waals surface area contributed by atoms with Crippen LogP contribution in [0.2, 0.25) is 0 Å². The van der Waals surface area contributed by atoms with Crippen molar-refractivity contribution in [2.75, 3.05) is 13.7 Å². The summed E-state index contributed by atoms with van der Waals surface area (Å²) in [5.74, 6) is 0. The number of aryl methyl sites for hydroxylation is 1. The molecule has 0 bridgehead atoms. The summed E-state index contributed by atoms with van der Waals surface area (Å²) in [6.07, 6.45) is 5.21. The van der Waals surface area contributed by atoms with Crippen LogP contribution in [0.1, 0.15) is 19.4 Å². The fourth-order valence-corrected chi connectivity index (χ4v) is 1.42. The van der Waals surface area contributed by atoms with Crippen molar-refractivity contribution in [3.8, 4) is 0 Å². The first-order valence-corrected chi connectivity index (χ1v) is 5.37. The Balaban J connectivity index is 2.21. The van der Waals surface area contributed by atoms with Crippen LogP contribution in [-0.4, -0.2) is 35.6 Å². The second-order valence-electron chi connectivity index (χ2n) is 3.96. The van der Waals surface area contributed by atoms with Crippen molar-refractivity contribution in [3.63, 3.8) is 0 Å². The summed E-state index contributed by atoms with van der Waals surface area (Å²) in [5, 5.41) is 7.56. The van der Waals surface area contributed by atoms with Crippen molar-refractivity contribution in [3.05, 3.63) is 18.0 Å². The van der Waals surface area contributed by atoms with Gasteiger partial charge in [0.25, 0.3) is 0 Å². The van der Waals surface area contributed by atoms with Crippen molar-refractivity contribution >= 4 is 0 Å². The molecule has 1 rings (SSSR count). The van der Waals surface area contributed by atoms with E-state index in [1.807, 2.05) is 24.1 Å². The van der Waals surface area contributed by atoms with Gasteiger partial charge in [-0.25, -0.2) is 0 Å². The lowest BCUT2D eigenvalue weighted by atomic mass is 10.2. The Morgan fingerprint density at radius 1 is 1.53 bits per heavy atom. The average molecular weight is 211 g/mol. The van der Waals surface area contributed by atoms with Crippen LogP contribution in [0.5, 0.6) is 0 Å². The molecule has 2 atom stereocenters. The van der Waals surface area contributed by atoms with Crippen LogP contribution >= 0.6 is 0 Å². The molecule has 4 nitrogen and oxygen atoms in total. The third-order valence-corrected chi connectivity index (χ3v) is 2.71. The highest BCUT2D eigenvalue weighted by Crippen LogP contribution is 1.99. The van der Waals surface area contributed by atoms with Gasteiger partial charge < -0.3 is 10.1 Å². The van der Waals surface area contributed by atoms with E-state index in [0.29, 0.717) is 6.04 Å². The second kappa shape index (κ2) is 5.88. The Labute approximate surface area is 91.6 Å². The zero-order valence-corrected chi connectivity index (χ0v) is 10.0. The molecule has 1 N–H and O–H groups in total. The molecule has 86 valence electrons. The summed E-state index contributed by atoms with van der Waals surface area (Å²) < 4.78 is 7.07. The maximum Gasteiger partial charge on any atom is 0.0693 e. The third-order valence-electron chi connectivity index (χ3n) is 2.71. The lowest BCUT2D eigenvalue weighted by Crippen LogP contribution is -2.37. The van der Waals surface area contributed by atoms with Crippen LogP contribution in [0.4, 0.5) is 0 Å². The molecule has 0 aliphatic heterocycles. The SMILES string of the molecule is COC(C)C(C)NCCc1cnn(C)c1. The maximum atomic E-state index is 5.24. The molecule has 0 saturated heterocycles. The van der Waals surface area contributed by atoms with Gasteiger partial charge in [-0.3, -0.25) is 4.68 Å². The molecule has 2 unspecified atom stereocenters. The van der Waals surface area contributed by atoms with E-state index in [0.717, 1.165) is 13.0 Å². The summed E-state index contributed by atoms with van der Waals surface area (Å²) in [6.45, 7) is 5.17. The van der Waals surface area contributed by atoms with E-state index in [1.54, 1.807) is 7.11 Å². The lowest BCUT2D eigenvalue weighted by Gasteiger charge is -2.19. The van der Waals surface area contributed by atoms with Crippen LogP contribution in [0.25, 0.3) is 0 Å². The van der Waals surface area contributed by atoms with E-state index in [1.165, 1.54) is 5.56 Å². The van der Waals surface area contributed by atoms with Crippen molar-refractivity contribution in [1.82, 2.24) is 15.1 Å². The molecule has 1 heterocycles. The average Bonchev–Trinajstić information content (AvgIpc) is 2.63. The van der Waals surface area contributed by atoms with Crippen molar-refractivity contribution in [2.24, 2.45) is 7.05 Å². The summed E-state index contributed by atoms with van der Waals surface area (Å²) in [5.41, 5.74) is 1.27. The molecule has 1 aromatic heterocycles. The number of rotatable bonds is 6. The lowest BCUT2D eigenvalue weighted by molar-refractivity contribution is 0.0890. The van der Waals surface area contributed by atoms with Crippen molar-refractivity contribution in [2.45, 2.75) is 32.4 Å². The number of ether oxygens (including phenoxy) is 1. The van der Waals surface area contributed by atoms with Gasteiger partial charge in [0.1, 0.15) is 0 Å². The molecule has 1 aromatic rings. The molecule has 0 amide bonds. The Morgan fingerprint density at radius 3 is 2.80 bits per heavy atom. The first-order chi connectivity index (χ1) is 7.13. The monoisotopic (exact) mass is 211 g/mol. The zero-order chi connectivity index (χ0) is 11.3. The molecule has 0 fully saturated rings. The first-order valence-electron chi connectivity index (χ1n) is 5.37. The molecule has 0 aliphatic carbocycles. The fraction of sp³-hybridized carbons (Fsp3) is 0.727. The highest BCUT2D eigenvalue weighted by molar-refractivity contribution is 5.03. The van der Waals surface area contributed by atoms with E-state index >= 15 is 0 Å². The minimum Gasteiger partial charge on any atom is -0.380 e. The molecule has 0 aromatic carbocycles. The van der Waals surface area contributed by atoms with Gasteiger partial charge in [0, 0.05) is 26.4 Å². The molecule has 0 spiro atoms. The van der Waals surface area contributed by atoms with Gasteiger partial charge >= 0.3 is 0 Å². The minimum absolute atomic E-state index is 0.249. The van der Waals surface area contributed by atoms with Gasteiger partial charge in [-0.05, 0) is 32.4 Å². The number of methoxy groups -OCH3 is 1. The Hall–Kier alpha value is -0.870. The highest BCUT2D eigenvalue weighted by Gasteiger charge is 2.09. The van der Waals surface area contributed by atoms with Gasteiger partial charge in [0.2, 0.25) is 0 Å². The quantitative estimate of drug-likeness (QED) is 0.762. The highest BCUT2D eigenvalue weighted by atomic mass is 16.5. The summed E-state index contributed by atoms with van der Waals surface area (Å²) in [4.78, 5) is 0. The van der Waals surface area contributed by atoms with Gasteiger partial charge in [-0.1, -0.05) is 0 Å². The fourth-order valence-electron chi connectivity index (χ4n) is 1.42. The van der Waals surface area contributed by atoms with Crippen LogP contribution in [-0.2, 0) is 18.2 Å². The van der Waals surface area contributed by atoms with E-state index < -0.39 is 0 Å². The molecule has 0 saturated carbocycles. The number of aromatic nitrogens is 2. The molecule has 4 heteroatoms. The standard InChI is InChI=1S/C11H21N3O/c1-9(10(2)15-4)12-6-5-11-7-13-14(3)8-11/h7-10,12H,5-6H2,1-4H3. The summed E-state index contributed by atoms with van der Waals surface area (Å²) in [6, 6.07) is 0.381. The largest absolute Gasteiger partial charge is 0.380 e. The Bertz CT molecular complexity index is 285. The van der Waals surface area contributed by atoms with Crippen LogP contribution < -0.4 is 5.32 Å². The van der Waals surface area contributed by atoms with Gasteiger partial charge in [0.05, 0.1) is 12.3 Å². The summed E-state index contributed by atoms with van der Waals surface area (Å²) >= 11 is 0. The predicted octanol–water partition coefficient (Wildman–Crippen LogP) is 0.976. The van der Waals surface area contributed by atoms with Gasteiger partial charge in [-0.2, -0.15) is 5.10 Å². The van der Waals surface area contributed by atoms with E-state index in [-0.39, 0.29) is 6.10 Å². The third kappa shape index (κ3) is 4.01. The number of nitrogens with one attached hydrogen (secondary N) is 1. The van der Waals surface area contributed by atoms with E-state index in [2.05, 4.69) is 24.3 Å². The number of hydrogen-bond donors (Lipinski definition) is 1. The Morgan fingerprint density at radius 2 is 2.27 bits per heavy atom. The maximum absolute atomic E-state index is 5.24. The number of nitrogens with zero attached hydrogens (tertiary/aromatic N) is 2. The minimum atomic E-state index is 0.249. The Kier molecular flexibility index (Phi) is 4.78. The molecule has 0 radical (unpaired) electrons. The first kappa shape index (κ1) is 12.2. The van der Waals surface area contributed by atoms with Crippen LogP contribution in [0.3, 0.4) is 0 Å². The molecule has 0 aliphatic rings. The van der Waals surface area contributed by atoms with E-state index in [4.69, 9.17) is 4.74 Å². The second-order valence-corrected chi connectivity index (χ2v) is 3.96. The molecule has 15 heavy (non-hydrogen) atoms. The predicted molar refractivity (Wildman–Crippen MR) is 60.8 cm³/mol.